The summed E-state index contributed by atoms with van der Waals surface area (Å²) in [6.07, 6.45) is 0. The third-order valence-electron chi connectivity index (χ3n) is 13.7. The quantitative estimate of drug-likeness (QED) is 0.179. The Kier molecular flexibility index (Phi) is 6.28. The third kappa shape index (κ3) is 4.25. The summed E-state index contributed by atoms with van der Waals surface area (Å²) in [6, 6.07) is 60.1. The molecule has 0 fully saturated rings. The van der Waals surface area contributed by atoms with Crippen molar-refractivity contribution in [3.05, 3.63) is 186 Å². The summed E-state index contributed by atoms with van der Waals surface area (Å²) >= 11 is 0. The highest BCUT2D eigenvalue weighted by atomic mass is 16.3. The smallest absolute Gasteiger partial charge is 0.227 e. The first-order valence-electron chi connectivity index (χ1n) is 20.6. The molecule has 280 valence electrons. The summed E-state index contributed by atoms with van der Waals surface area (Å²) in [7, 11) is 0. The number of anilines is 3. The first kappa shape index (κ1) is 32.9. The van der Waals surface area contributed by atoms with Gasteiger partial charge in [-0.25, -0.2) is 4.98 Å². The lowest BCUT2D eigenvalue weighted by atomic mass is 9.82. The van der Waals surface area contributed by atoms with Gasteiger partial charge in [0.25, 0.3) is 0 Å². The van der Waals surface area contributed by atoms with Crippen molar-refractivity contribution >= 4 is 66.3 Å². The van der Waals surface area contributed by atoms with Gasteiger partial charge in [-0.3, -0.25) is 0 Å². The molecule has 0 saturated heterocycles. The van der Waals surface area contributed by atoms with E-state index in [-0.39, 0.29) is 10.8 Å². The summed E-state index contributed by atoms with van der Waals surface area (Å²) in [5.74, 6) is 0.634. The minimum absolute atomic E-state index is 0.137. The van der Waals surface area contributed by atoms with Gasteiger partial charge in [0.05, 0.1) is 21.9 Å². The fraction of sp³-hybridized carbons (Fsp3) is 0.109. The number of hydrogen-bond acceptors (Lipinski definition) is 3. The van der Waals surface area contributed by atoms with Gasteiger partial charge in [0, 0.05) is 49.6 Å². The number of para-hydroxylation sites is 1. The Balaban J connectivity index is 1.09. The van der Waals surface area contributed by atoms with E-state index in [1.807, 2.05) is 18.2 Å². The molecule has 0 N–H and O–H groups in total. The molecule has 0 saturated carbocycles. The van der Waals surface area contributed by atoms with Crippen LogP contribution < -0.4 is 4.90 Å². The first-order valence-corrected chi connectivity index (χ1v) is 20.6. The Morgan fingerprint density at radius 1 is 0.475 bits per heavy atom. The minimum atomic E-state index is -0.137. The van der Waals surface area contributed by atoms with Crippen LogP contribution in [0.3, 0.4) is 0 Å². The summed E-state index contributed by atoms with van der Waals surface area (Å²) in [5, 5.41) is 4.64. The number of benzene rings is 8. The molecule has 3 heterocycles. The predicted octanol–water partition coefficient (Wildman–Crippen LogP) is 14.7. The van der Waals surface area contributed by atoms with E-state index in [1.165, 1.54) is 66.3 Å². The van der Waals surface area contributed by atoms with Crippen LogP contribution in [0.4, 0.5) is 17.1 Å². The first-order chi connectivity index (χ1) is 28.8. The molecule has 0 aliphatic heterocycles. The van der Waals surface area contributed by atoms with Crippen molar-refractivity contribution in [1.82, 2.24) is 9.38 Å². The van der Waals surface area contributed by atoms with Crippen LogP contribution in [-0.2, 0) is 10.8 Å². The van der Waals surface area contributed by atoms with Crippen LogP contribution in [0.25, 0.3) is 82.9 Å². The number of aromatic nitrogens is 2. The van der Waals surface area contributed by atoms with Crippen LogP contribution in [0, 0.1) is 0 Å². The Bertz CT molecular complexity index is 3460. The molecule has 3 aromatic heterocycles. The van der Waals surface area contributed by atoms with Crippen molar-refractivity contribution in [1.29, 1.82) is 0 Å². The Hall–Kier alpha value is -7.17. The number of hydrogen-bond donors (Lipinski definition) is 0. The summed E-state index contributed by atoms with van der Waals surface area (Å²) < 4.78 is 9.24. The fourth-order valence-electron chi connectivity index (χ4n) is 10.9. The van der Waals surface area contributed by atoms with Crippen LogP contribution in [-0.4, -0.2) is 9.38 Å². The second kappa shape index (κ2) is 11.3. The molecule has 2 aliphatic carbocycles. The van der Waals surface area contributed by atoms with Gasteiger partial charge in [0.1, 0.15) is 5.52 Å². The standard InChI is InChI=1S/C55H39N3O/c1-54(2)43-19-11-8-16-36(43)38-25-22-34(29-45(38)54)57(35-23-26-39-37-17-9-12-20-44(37)55(3,4)46(39)30-35)33-24-27-49-42(28-33)50-51-41(40-18-10-13-21-48(40)58(49)51)31-47-52(50)59-53(56-47)32-14-6-5-7-15-32/h5-31H,1-4H3. The molecule has 0 amide bonds. The van der Waals surface area contributed by atoms with Crippen LogP contribution in [0.1, 0.15) is 49.9 Å². The normalized spacial score (nSPS) is 14.7. The van der Waals surface area contributed by atoms with E-state index in [2.05, 4.69) is 183 Å². The van der Waals surface area contributed by atoms with Crippen molar-refractivity contribution in [2.45, 2.75) is 38.5 Å². The number of rotatable bonds is 4. The molecule has 0 bridgehead atoms. The van der Waals surface area contributed by atoms with E-state index < -0.39 is 0 Å². The maximum absolute atomic E-state index is 6.81. The van der Waals surface area contributed by atoms with E-state index in [9.17, 15) is 0 Å². The zero-order chi connectivity index (χ0) is 39.4. The monoisotopic (exact) mass is 757 g/mol. The average Bonchev–Trinajstić information content (AvgIpc) is 4.04. The molecule has 13 rings (SSSR count). The van der Waals surface area contributed by atoms with Gasteiger partial charge >= 0.3 is 0 Å². The van der Waals surface area contributed by atoms with Crippen molar-refractivity contribution in [2.75, 3.05) is 4.90 Å². The van der Waals surface area contributed by atoms with Gasteiger partial charge in [-0.1, -0.05) is 125 Å². The summed E-state index contributed by atoms with van der Waals surface area (Å²) in [6.45, 7) is 9.45. The van der Waals surface area contributed by atoms with Gasteiger partial charge in [-0.15, -0.1) is 0 Å². The van der Waals surface area contributed by atoms with Crippen molar-refractivity contribution in [3.8, 4) is 33.7 Å². The zero-order valence-electron chi connectivity index (χ0n) is 33.3. The SMILES string of the molecule is CC1(C)c2ccccc2-c2ccc(N(c3ccc4c(c3)C(C)(C)c3ccccc3-4)c3ccc4c(c3)c3c5oc(-c6ccccc6)nc5cc5c6ccccc6n4c53)cc21. The largest absolute Gasteiger partial charge is 0.435 e. The van der Waals surface area contributed by atoms with E-state index in [0.717, 1.165) is 50.0 Å². The summed E-state index contributed by atoms with van der Waals surface area (Å²) in [4.78, 5) is 7.59. The molecule has 0 radical (unpaired) electrons. The molecule has 4 heteroatoms. The van der Waals surface area contributed by atoms with Gasteiger partial charge in [-0.2, -0.15) is 0 Å². The molecular weight excluding hydrogens is 719 g/mol. The average molecular weight is 758 g/mol. The lowest BCUT2D eigenvalue weighted by molar-refractivity contribution is 0.623. The maximum atomic E-state index is 6.81. The van der Waals surface area contributed by atoms with Crippen LogP contribution >= 0.6 is 0 Å². The number of fused-ring (bicyclic) bond motifs is 14. The predicted molar refractivity (Wildman–Crippen MR) is 244 cm³/mol. The van der Waals surface area contributed by atoms with Crippen LogP contribution in [0.2, 0.25) is 0 Å². The van der Waals surface area contributed by atoms with Crippen LogP contribution in [0.15, 0.2) is 168 Å². The molecule has 0 unspecified atom stereocenters. The fourth-order valence-corrected chi connectivity index (χ4v) is 10.9. The van der Waals surface area contributed by atoms with Crippen molar-refractivity contribution in [2.24, 2.45) is 0 Å². The zero-order valence-corrected chi connectivity index (χ0v) is 33.3. The maximum Gasteiger partial charge on any atom is 0.227 e. The number of oxazole rings is 1. The lowest BCUT2D eigenvalue weighted by Gasteiger charge is -2.30. The minimum Gasteiger partial charge on any atom is -0.435 e. The third-order valence-corrected chi connectivity index (χ3v) is 13.7. The highest BCUT2D eigenvalue weighted by molar-refractivity contribution is 6.30. The van der Waals surface area contributed by atoms with Crippen molar-refractivity contribution < 1.29 is 4.42 Å². The second-order valence-corrected chi connectivity index (χ2v) is 17.6. The second-order valence-electron chi connectivity index (χ2n) is 17.6. The molecule has 0 atom stereocenters. The highest BCUT2D eigenvalue weighted by Crippen LogP contribution is 2.54. The Morgan fingerprint density at radius 2 is 1.02 bits per heavy atom. The van der Waals surface area contributed by atoms with Gasteiger partial charge in [0.15, 0.2) is 5.58 Å². The highest BCUT2D eigenvalue weighted by Gasteiger charge is 2.38. The topological polar surface area (TPSA) is 33.7 Å². The van der Waals surface area contributed by atoms with E-state index in [1.54, 1.807) is 0 Å². The van der Waals surface area contributed by atoms with Gasteiger partial charge in [-0.05, 0) is 111 Å². The molecule has 2 aliphatic rings. The molecule has 8 aromatic carbocycles. The molecule has 59 heavy (non-hydrogen) atoms. The summed E-state index contributed by atoms with van der Waals surface area (Å²) in [5.41, 5.74) is 20.0. The molecule has 11 aromatic rings. The van der Waals surface area contributed by atoms with E-state index in [0.29, 0.717) is 5.89 Å². The van der Waals surface area contributed by atoms with Crippen LogP contribution in [0.5, 0.6) is 0 Å². The van der Waals surface area contributed by atoms with Gasteiger partial charge < -0.3 is 13.7 Å². The number of nitrogens with zero attached hydrogens (tertiary/aromatic N) is 3. The van der Waals surface area contributed by atoms with Gasteiger partial charge in [0.2, 0.25) is 5.89 Å². The molecular formula is C55H39N3O. The van der Waals surface area contributed by atoms with E-state index >= 15 is 0 Å². The van der Waals surface area contributed by atoms with Crippen molar-refractivity contribution in [3.63, 3.8) is 0 Å². The Labute approximate surface area is 341 Å². The molecule has 0 spiro atoms. The molecule has 4 nitrogen and oxygen atoms in total. The van der Waals surface area contributed by atoms with E-state index in [4.69, 9.17) is 9.40 Å². The Morgan fingerprint density at radius 3 is 1.69 bits per heavy atom. The lowest BCUT2D eigenvalue weighted by Crippen LogP contribution is -2.18.